The Morgan fingerprint density at radius 1 is 1.07 bits per heavy atom. The zero-order valence-corrected chi connectivity index (χ0v) is 18.0. The van der Waals surface area contributed by atoms with Gasteiger partial charge in [-0.1, -0.05) is 11.4 Å². The van der Waals surface area contributed by atoms with Gasteiger partial charge in [-0.25, -0.2) is 9.37 Å². The third kappa shape index (κ3) is 3.17. The van der Waals surface area contributed by atoms with E-state index in [1.165, 1.54) is 29.1 Å². The molecule has 3 aliphatic heterocycles. The highest BCUT2D eigenvalue weighted by atomic mass is 16.2. The van der Waals surface area contributed by atoms with Crippen molar-refractivity contribution in [2.75, 3.05) is 40.3 Å². The van der Waals surface area contributed by atoms with E-state index < -0.39 is 6.04 Å². The Kier molecular flexibility index (Phi) is 5.02. The first-order valence-electron chi connectivity index (χ1n) is 10.3. The number of aliphatic imine (C=N–C) groups is 1. The number of amides is 3. The molecule has 9 heteroatoms. The fourth-order valence-electron chi connectivity index (χ4n) is 4.33. The van der Waals surface area contributed by atoms with Crippen LogP contribution < -0.4 is 0 Å². The first-order valence-corrected chi connectivity index (χ1v) is 10.3. The van der Waals surface area contributed by atoms with Crippen molar-refractivity contribution in [1.82, 2.24) is 24.5 Å². The lowest BCUT2D eigenvalue weighted by molar-refractivity contribution is -0.507. The molecule has 0 radical (unpaired) electrons. The van der Waals surface area contributed by atoms with Gasteiger partial charge in [-0.2, -0.15) is 0 Å². The number of rotatable bonds is 3. The van der Waals surface area contributed by atoms with Crippen molar-refractivity contribution < 1.29 is 14.2 Å². The van der Waals surface area contributed by atoms with Crippen LogP contribution in [0.25, 0.3) is 0 Å². The van der Waals surface area contributed by atoms with Crippen LogP contribution in [0.3, 0.4) is 0 Å². The Labute approximate surface area is 171 Å². The molecule has 2 fully saturated rings. The zero-order valence-electron chi connectivity index (χ0n) is 18.0. The number of nitrogens with zero attached hydrogens (tertiary/aromatic N) is 7. The minimum Gasteiger partial charge on any atom is -0.302 e. The smallest absolute Gasteiger partial charge is 0.302 e. The normalized spacial score (nSPS) is 23.2. The number of aromatic nitrogens is 2. The molecule has 156 valence electrons. The summed E-state index contributed by atoms with van der Waals surface area (Å²) in [5.74, 6) is 0.834. The average Bonchev–Trinajstić information content (AvgIpc) is 3.18. The molecule has 1 aromatic rings. The van der Waals surface area contributed by atoms with E-state index in [1.54, 1.807) is 11.7 Å². The number of hydrogen-bond acceptors (Lipinski definition) is 5. The third-order valence-electron chi connectivity index (χ3n) is 6.45. The highest BCUT2D eigenvalue weighted by Gasteiger charge is 2.52. The number of likely N-dealkylation sites (N-methyl/N-ethyl adjacent to an activating group) is 2. The lowest BCUT2D eigenvalue weighted by Crippen LogP contribution is -2.63. The van der Waals surface area contributed by atoms with Crippen LogP contribution >= 0.6 is 0 Å². The molecule has 9 nitrogen and oxygen atoms in total. The Morgan fingerprint density at radius 2 is 1.76 bits per heavy atom. The van der Waals surface area contributed by atoms with Crippen LogP contribution in [-0.2, 0) is 4.79 Å². The lowest BCUT2D eigenvalue weighted by Gasteiger charge is -2.35. The molecule has 0 bridgehead atoms. The SMILES string of the molecule is Cc1nn(C2=[N+](C)C3C(=O)N(CCN4CCCCC4)C(=O)N(C)C3=N2)c(C)c1C. The maximum Gasteiger partial charge on any atom is 0.421 e. The highest BCUT2D eigenvalue weighted by Crippen LogP contribution is 2.21. The number of aryl methyl sites for hydroxylation is 1. The Bertz CT molecular complexity index is 924. The van der Waals surface area contributed by atoms with Crippen LogP contribution in [0.15, 0.2) is 4.99 Å². The molecule has 29 heavy (non-hydrogen) atoms. The van der Waals surface area contributed by atoms with Gasteiger partial charge in [0.2, 0.25) is 11.9 Å². The second-order valence-corrected chi connectivity index (χ2v) is 8.22. The molecule has 0 spiro atoms. The van der Waals surface area contributed by atoms with Crippen molar-refractivity contribution in [2.45, 2.75) is 46.1 Å². The van der Waals surface area contributed by atoms with Gasteiger partial charge in [0.15, 0.2) is 0 Å². The number of amidine groups is 1. The molecule has 3 aliphatic rings. The van der Waals surface area contributed by atoms with E-state index in [2.05, 4.69) is 15.0 Å². The van der Waals surface area contributed by atoms with Crippen LogP contribution in [0.2, 0.25) is 0 Å². The Morgan fingerprint density at radius 3 is 2.38 bits per heavy atom. The first-order chi connectivity index (χ1) is 13.8. The summed E-state index contributed by atoms with van der Waals surface area (Å²) in [6.07, 6.45) is 3.63. The van der Waals surface area contributed by atoms with Crippen molar-refractivity contribution in [3.8, 4) is 0 Å². The number of piperidine rings is 1. The van der Waals surface area contributed by atoms with Crippen molar-refractivity contribution in [2.24, 2.45) is 4.99 Å². The van der Waals surface area contributed by atoms with Gasteiger partial charge >= 0.3 is 12.0 Å². The van der Waals surface area contributed by atoms with Crippen LogP contribution in [0.5, 0.6) is 0 Å². The minimum atomic E-state index is -0.599. The van der Waals surface area contributed by atoms with E-state index >= 15 is 0 Å². The van der Waals surface area contributed by atoms with Gasteiger partial charge < -0.3 is 4.90 Å². The average molecular weight is 401 g/mol. The molecular weight excluding hydrogens is 370 g/mol. The van der Waals surface area contributed by atoms with E-state index in [9.17, 15) is 9.59 Å². The van der Waals surface area contributed by atoms with Crippen molar-refractivity contribution >= 4 is 23.7 Å². The number of hydrogen-bond donors (Lipinski definition) is 0. The van der Waals surface area contributed by atoms with Crippen LogP contribution in [0, 0.1) is 20.8 Å². The minimum absolute atomic E-state index is 0.209. The van der Waals surface area contributed by atoms with Crippen LogP contribution in [-0.4, -0.2) is 99.1 Å². The van der Waals surface area contributed by atoms with Gasteiger partial charge in [-0.3, -0.25) is 14.6 Å². The van der Waals surface area contributed by atoms with Gasteiger partial charge in [0.25, 0.3) is 5.91 Å². The number of fused-ring (bicyclic) bond motifs is 1. The van der Waals surface area contributed by atoms with Crippen molar-refractivity contribution in [3.05, 3.63) is 17.0 Å². The number of urea groups is 1. The van der Waals surface area contributed by atoms with Gasteiger partial charge in [-0.15, -0.1) is 9.78 Å². The lowest BCUT2D eigenvalue weighted by atomic mass is 10.1. The summed E-state index contributed by atoms with van der Waals surface area (Å²) >= 11 is 0. The topological polar surface area (TPSA) is 77.0 Å². The fraction of sp³-hybridized carbons (Fsp3) is 0.650. The number of likely N-dealkylation sites (tertiary alicyclic amines) is 1. The van der Waals surface area contributed by atoms with Gasteiger partial charge in [-0.05, 0) is 46.7 Å². The predicted octanol–water partition coefficient (Wildman–Crippen LogP) is 0.815. The molecule has 1 atom stereocenters. The third-order valence-corrected chi connectivity index (χ3v) is 6.45. The summed E-state index contributed by atoms with van der Waals surface area (Å²) in [6.45, 7) is 9.18. The fourth-order valence-corrected chi connectivity index (χ4v) is 4.33. The Hall–Kier alpha value is -2.55. The molecule has 1 unspecified atom stereocenters. The van der Waals surface area contributed by atoms with Gasteiger partial charge in [0.05, 0.1) is 12.7 Å². The number of carbonyl (C=O) groups is 2. The van der Waals surface area contributed by atoms with E-state index in [0.29, 0.717) is 18.3 Å². The van der Waals surface area contributed by atoms with E-state index in [-0.39, 0.29) is 11.9 Å². The molecule has 0 aliphatic carbocycles. The second-order valence-electron chi connectivity index (χ2n) is 8.22. The second kappa shape index (κ2) is 7.37. The molecule has 0 aromatic carbocycles. The molecule has 4 heterocycles. The zero-order chi connectivity index (χ0) is 20.9. The molecule has 0 saturated carbocycles. The maximum atomic E-state index is 13.3. The molecule has 1 aromatic heterocycles. The molecule has 0 N–H and O–H groups in total. The largest absolute Gasteiger partial charge is 0.421 e. The monoisotopic (exact) mass is 400 g/mol. The molecule has 3 amide bonds. The summed E-state index contributed by atoms with van der Waals surface area (Å²) < 4.78 is 3.59. The van der Waals surface area contributed by atoms with Gasteiger partial charge in [0, 0.05) is 25.7 Å². The van der Waals surface area contributed by atoms with E-state index in [0.717, 1.165) is 36.6 Å². The predicted molar refractivity (Wildman–Crippen MR) is 109 cm³/mol. The first kappa shape index (κ1) is 19.8. The maximum absolute atomic E-state index is 13.3. The summed E-state index contributed by atoms with van der Waals surface area (Å²) in [5, 5.41) is 4.58. The quantitative estimate of drug-likeness (QED) is 0.704. The standard InChI is InChI=1S/C20H30N7O2/c1-13-14(2)22-27(15(13)3)19-21-17-16(23(19)4)18(28)26(20(29)24(17)5)12-11-25-9-7-6-8-10-25/h16H,6-12H2,1-5H3/q+1. The summed E-state index contributed by atoms with van der Waals surface area (Å²) in [7, 11) is 3.53. The van der Waals surface area contributed by atoms with Crippen LogP contribution in [0.4, 0.5) is 4.79 Å². The van der Waals surface area contributed by atoms with Crippen LogP contribution in [0.1, 0.15) is 36.2 Å². The van der Waals surface area contributed by atoms with Crippen molar-refractivity contribution in [3.63, 3.8) is 0 Å². The summed E-state index contributed by atoms with van der Waals surface area (Å²) in [6, 6.07) is -0.903. The van der Waals surface area contributed by atoms with Crippen molar-refractivity contribution in [1.29, 1.82) is 0 Å². The molecule has 2 saturated heterocycles. The number of carbonyl (C=O) groups excluding carboxylic acids is 2. The van der Waals surface area contributed by atoms with Gasteiger partial charge in [0.1, 0.15) is 5.69 Å². The Balaban J connectivity index is 1.61. The summed E-state index contributed by atoms with van der Waals surface area (Å²) in [5.41, 5.74) is 3.01. The number of imide groups is 1. The molecule has 4 rings (SSSR count). The van der Waals surface area contributed by atoms with E-state index in [4.69, 9.17) is 0 Å². The highest BCUT2D eigenvalue weighted by molar-refractivity contribution is 6.22. The van der Waals surface area contributed by atoms with E-state index in [1.807, 2.05) is 32.4 Å². The molecular formula is C20H30N7O2+. The summed E-state index contributed by atoms with van der Waals surface area (Å²) in [4.78, 5) is 36.1.